The molecule has 0 aliphatic heterocycles. The smallest absolute Gasteiger partial charge is 0.235 e. The van der Waals surface area contributed by atoms with Crippen molar-refractivity contribution in [3.63, 3.8) is 0 Å². The van der Waals surface area contributed by atoms with E-state index in [2.05, 4.69) is 152 Å². The Morgan fingerprint density at radius 2 is 1.28 bits per heavy atom. The topological polar surface area (TPSA) is 30.7 Å². The summed E-state index contributed by atoms with van der Waals surface area (Å²) in [5, 5.41) is 7.18. The highest BCUT2D eigenvalue weighted by Crippen LogP contribution is 2.47. The molecule has 4 heteroatoms. The van der Waals surface area contributed by atoms with Gasteiger partial charge < -0.3 is 0 Å². The van der Waals surface area contributed by atoms with Gasteiger partial charge in [-0.2, -0.15) is 0 Å². The van der Waals surface area contributed by atoms with E-state index in [4.69, 9.17) is 9.97 Å². The Bertz CT molecular complexity index is 2700. The van der Waals surface area contributed by atoms with Crippen molar-refractivity contribution in [3.8, 4) is 17.2 Å². The van der Waals surface area contributed by atoms with Crippen LogP contribution in [-0.2, 0) is 0 Å². The van der Waals surface area contributed by atoms with Crippen LogP contribution in [0.4, 0.5) is 0 Å². The van der Waals surface area contributed by atoms with Crippen LogP contribution < -0.4 is 0 Å². The number of para-hydroxylation sites is 2. The van der Waals surface area contributed by atoms with Crippen molar-refractivity contribution >= 4 is 76.6 Å². The first-order valence-electron chi connectivity index (χ1n) is 15.8. The molecule has 9 rings (SSSR count). The SMILES string of the molecule is C=C/C(=C\c1c(C)sc2c1c1ccccc1c1c3ccccc3n(-c3nc(-c4ccccc4)c4ccccc4n3)c21)c1ccccc1. The van der Waals surface area contributed by atoms with Gasteiger partial charge in [0.25, 0.3) is 0 Å². The van der Waals surface area contributed by atoms with Crippen molar-refractivity contribution in [1.29, 1.82) is 0 Å². The average Bonchev–Trinajstić information content (AvgIpc) is 3.65. The molecule has 9 aromatic rings. The summed E-state index contributed by atoms with van der Waals surface area (Å²) in [5.74, 6) is 0.671. The number of rotatable bonds is 5. The highest BCUT2D eigenvalue weighted by Gasteiger charge is 2.24. The zero-order chi connectivity index (χ0) is 31.5. The van der Waals surface area contributed by atoms with Crippen LogP contribution >= 0.6 is 11.3 Å². The average molecular weight is 620 g/mol. The van der Waals surface area contributed by atoms with E-state index in [9.17, 15) is 0 Å². The minimum atomic E-state index is 0.671. The van der Waals surface area contributed by atoms with Crippen molar-refractivity contribution in [1.82, 2.24) is 14.5 Å². The van der Waals surface area contributed by atoms with Gasteiger partial charge in [-0.05, 0) is 52.6 Å². The van der Waals surface area contributed by atoms with E-state index >= 15 is 0 Å². The fourth-order valence-corrected chi connectivity index (χ4v) is 8.24. The lowest BCUT2D eigenvalue weighted by atomic mass is 9.96. The molecule has 0 saturated carbocycles. The monoisotopic (exact) mass is 619 g/mol. The molecule has 0 radical (unpaired) electrons. The van der Waals surface area contributed by atoms with Gasteiger partial charge in [0.2, 0.25) is 5.95 Å². The summed E-state index contributed by atoms with van der Waals surface area (Å²) in [6.45, 7) is 6.43. The molecule has 0 amide bonds. The predicted molar refractivity (Wildman–Crippen MR) is 201 cm³/mol. The Balaban J connectivity index is 1.46. The molecular formula is C43H29N3S. The molecule has 0 aliphatic rings. The van der Waals surface area contributed by atoms with E-state index in [1.165, 1.54) is 42.1 Å². The third-order valence-corrected chi connectivity index (χ3v) is 10.3. The second-order valence-corrected chi connectivity index (χ2v) is 13.0. The van der Waals surface area contributed by atoms with Gasteiger partial charge in [-0.25, -0.2) is 9.97 Å². The van der Waals surface area contributed by atoms with Crippen LogP contribution in [0, 0.1) is 6.92 Å². The number of nitrogens with zero attached hydrogens (tertiary/aromatic N) is 3. The number of thiophene rings is 1. The van der Waals surface area contributed by atoms with Crippen molar-refractivity contribution in [3.05, 3.63) is 162 Å². The lowest BCUT2D eigenvalue weighted by molar-refractivity contribution is 1.02. The van der Waals surface area contributed by atoms with E-state index in [0.717, 1.165) is 44.3 Å². The van der Waals surface area contributed by atoms with Crippen molar-refractivity contribution in [2.45, 2.75) is 6.92 Å². The molecule has 0 unspecified atom stereocenters. The maximum Gasteiger partial charge on any atom is 0.235 e. The standard InChI is InChI=1S/C43H29N3S/c1-3-28(29-16-6-4-7-17-29)26-35-27(2)47-42-39(35)32-21-11-10-20-31(32)38-34-23-13-15-25-37(34)46(41(38)42)43-44-36-24-14-12-22-33(36)40(45-43)30-18-8-5-9-19-30/h3-26H,1H2,2H3/b28-26+. The highest BCUT2D eigenvalue weighted by molar-refractivity contribution is 7.20. The fraction of sp³-hybridized carbons (Fsp3) is 0.0233. The summed E-state index contributed by atoms with van der Waals surface area (Å²) >= 11 is 1.84. The van der Waals surface area contributed by atoms with Crippen LogP contribution in [0.25, 0.3) is 82.4 Å². The summed E-state index contributed by atoms with van der Waals surface area (Å²) in [5.41, 5.74) is 8.63. The summed E-state index contributed by atoms with van der Waals surface area (Å²) < 4.78 is 3.53. The number of hydrogen-bond donors (Lipinski definition) is 0. The van der Waals surface area contributed by atoms with Gasteiger partial charge in [-0.15, -0.1) is 11.3 Å². The van der Waals surface area contributed by atoms with Crippen molar-refractivity contribution < 1.29 is 0 Å². The summed E-state index contributed by atoms with van der Waals surface area (Å²) in [7, 11) is 0. The molecule has 0 aliphatic carbocycles. The van der Waals surface area contributed by atoms with Crippen LogP contribution in [0.3, 0.4) is 0 Å². The van der Waals surface area contributed by atoms with Crippen molar-refractivity contribution in [2.75, 3.05) is 0 Å². The normalized spacial score (nSPS) is 12.1. The van der Waals surface area contributed by atoms with E-state index < -0.39 is 0 Å². The zero-order valence-corrected chi connectivity index (χ0v) is 26.6. The summed E-state index contributed by atoms with van der Waals surface area (Å²) in [6.07, 6.45) is 4.27. The molecular weight excluding hydrogens is 591 g/mol. The zero-order valence-electron chi connectivity index (χ0n) is 25.8. The van der Waals surface area contributed by atoms with E-state index in [0.29, 0.717) is 5.95 Å². The largest absolute Gasteiger partial charge is 0.276 e. The second-order valence-electron chi connectivity index (χ2n) is 11.8. The third-order valence-electron chi connectivity index (χ3n) is 9.15. The molecule has 3 heterocycles. The molecule has 3 aromatic heterocycles. The van der Waals surface area contributed by atoms with Crippen LogP contribution in [0.15, 0.2) is 146 Å². The Hall–Kier alpha value is -5.84. The number of benzene rings is 6. The molecule has 6 aromatic carbocycles. The number of aryl methyl sites for hydroxylation is 1. The lowest BCUT2D eigenvalue weighted by Gasteiger charge is -2.12. The molecule has 0 N–H and O–H groups in total. The highest BCUT2D eigenvalue weighted by atomic mass is 32.1. The van der Waals surface area contributed by atoms with Gasteiger partial charge in [-0.3, -0.25) is 4.57 Å². The molecule has 0 spiro atoms. The van der Waals surface area contributed by atoms with Crippen LogP contribution in [-0.4, -0.2) is 14.5 Å². The molecule has 3 nitrogen and oxygen atoms in total. The van der Waals surface area contributed by atoms with Gasteiger partial charge in [0.05, 0.1) is 26.9 Å². The molecule has 0 bridgehead atoms. The molecule has 222 valence electrons. The minimum Gasteiger partial charge on any atom is -0.276 e. The Morgan fingerprint density at radius 3 is 2.02 bits per heavy atom. The van der Waals surface area contributed by atoms with E-state index in [1.807, 2.05) is 23.5 Å². The van der Waals surface area contributed by atoms with Gasteiger partial charge in [0.15, 0.2) is 0 Å². The minimum absolute atomic E-state index is 0.671. The van der Waals surface area contributed by atoms with Crippen LogP contribution in [0.2, 0.25) is 0 Å². The van der Waals surface area contributed by atoms with E-state index in [-0.39, 0.29) is 0 Å². The first kappa shape index (κ1) is 27.5. The van der Waals surface area contributed by atoms with Gasteiger partial charge in [-0.1, -0.05) is 134 Å². The molecule has 0 fully saturated rings. The number of hydrogen-bond acceptors (Lipinski definition) is 3. The summed E-state index contributed by atoms with van der Waals surface area (Å²) in [6, 6.07) is 46.7. The van der Waals surface area contributed by atoms with E-state index in [1.54, 1.807) is 0 Å². The maximum atomic E-state index is 5.36. The van der Waals surface area contributed by atoms with Crippen LogP contribution in [0.5, 0.6) is 0 Å². The maximum absolute atomic E-state index is 5.36. The molecule has 0 atom stereocenters. The number of aromatic nitrogens is 3. The Morgan fingerprint density at radius 1 is 0.660 bits per heavy atom. The lowest BCUT2D eigenvalue weighted by Crippen LogP contribution is -2.03. The second kappa shape index (κ2) is 10.9. The third kappa shape index (κ3) is 4.26. The first-order valence-corrected chi connectivity index (χ1v) is 16.6. The number of allylic oxidation sites excluding steroid dienone is 2. The Kier molecular flexibility index (Phi) is 6.37. The fourth-order valence-electron chi connectivity index (χ4n) is 7.05. The number of fused-ring (bicyclic) bond motifs is 9. The summed E-state index contributed by atoms with van der Waals surface area (Å²) in [4.78, 5) is 11.9. The quantitative estimate of drug-likeness (QED) is 0.179. The van der Waals surface area contributed by atoms with Gasteiger partial charge in [0.1, 0.15) is 0 Å². The molecule has 47 heavy (non-hydrogen) atoms. The van der Waals surface area contributed by atoms with Crippen LogP contribution in [0.1, 0.15) is 16.0 Å². The first-order chi connectivity index (χ1) is 23.2. The molecule has 0 saturated heterocycles. The van der Waals surface area contributed by atoms with Gasteiger partial charge in [0, 0.05) is 32.0 Å². The van der Waals surface area contributed by atoms with Crippen molar-refractivity contribution in [2.24, 2.45) is 0 Å². The van der Waals surface area contributed by atoms with Gasteiger partial charge >= 0.3 is 0 Å². The Labute approximate surface area is 276 Å². The predicted octanol–water partition coefficient (Wildman–Crippen LogP) is 11.8.